The molecule has 0 unspecified atom stereocenters. The van der Waals surface area contributed by atoms with E-state index in [9.17, 15) is 9.59 Å². The Balaban J connectivity index is 1.98. The highest BCUT2D eigenvalue weighted by Gasteiger charge is 2.23. The summed E-state index contributed by atoms with van der Waals surface area (Å²) < 4.78 is 5.48. The second-order valence-electron chi connectivity index (χ2n) is 4.31. The summed E-state index contributed by atoms with van der Waals surface area (Å²) in [7, 11) is 1.29. The van der Waals surface area contributed by atoms with Crippen molar-refractivity contribution in [2.45, 2.75) is 17.3 Å². The van der Waals surface area contributed by atoms with Crippen molar-refractivity contribution in [2.24, 2.45) is 0 Å². The third kappa shape index (κ3) is 4.54. The maximum absolute atomic E-state index is 12.0. The molecule has 6 nitrogen and oxygen atoms in total. The van der Waals surface area contributed by atoms with Gasteiger partial charge in [0, 0.05) is 0 Å². The number of carbonyl (C=O) groups excluding carboxylic acids is 2. The first kappa shape index (κ1) is 16.4. The van der Waals surface area contributed by atoms with E-state index in [0.29, 0.717) is 5.56 Å². The zero-order valence-corrected chi connectivity index (χ0v) is 13.7. The number of thioether (sulfide) groups is 1. The van der Waals surface area contributed by atoms with Gasteiger partial charge in [-0.15, -0.1) is 10.2 Å². The molecule has 0 aliphatic heterocycles. The van der Waals surface area contributed by atoms with Crippen LogP contribution < -0.4 is 5.32 Å². The average molecular weight is 337 g/mol. The Morgan fingerprint density at radius 3 is 2.64 bits per heavy atom. The minimum absolute atomic E-state index is 0.162. The Bertz CT molecular complexity index is 646. The molecule has 1 amide bonds. The fourth-order valence-electron chi connectivity index (χ4n) is 1.71. The molecule has 116 valence electrons. The van der Waals surface area contributed by atoms with Crippen molar-refractivity contribution in [2.75, 3.05) is 12.9 Å². The number of nitrogens with zero attached hydrogens (tertiary/aromatic N) is 2. The van der Waals surface area contributed by atoms with E-state index in [1.54, 1.807) is 24.3 Å². The number of benzene rings is 1. The molecule has 0 bridgehead atoms. The van der Waals surface area contributed by atoms with Gasteiger partial charge in [0.25, 0.3) is 0 Å². The normalized spacial score (nSPS) is 11.7. The van der Waals surface area contributed by atoms with Gasteiger partial charge in [0.15, 0.2) is 10.4 Å². The van der Waals surface area contributed by atoms with Gasteiger partial charge in [-0.1, -0.05) is 53.4 Å². The quantitative estimate of drug-likeness (QED) is 0.641. The fourth-order valence-corrected chi connectivity index (χ4v) is 3.34. The number of nitrogens with one attached hydrogen (secondary N) is 1. The van der Waals surface area contributed by atoms with Crippen LogP contribution in [-0.2, 0) is 14.3 Å². The van der Waals surface area contributed by atoms with E-state index in [2.05, 4.69) is 15.5 Å². The van der Waals surface area contributed by atoms with E-state index in [-0.39, 0.29) is 11.7 Å². The van der Waals surface area contributed by atoms with Crippen LogP contribution in [0.2, 0.25) is 0 Å². The lowest BCUT2D eigenvalue weighted by Gasteiger charge is -2.16. The summed E-state index contributed by atoms with van der Waals surface area (Å²) in [6.45, 7) is 1.85. The first-order chi connectivity index (χ1) is 10.6. The molecule has 0 spiro atoms. The van der Waals surface area contributed by atoms with Gasteiger partial charge in [-0.3, -0.25) is 4.79 Å². The molecule has 8 heteroatoms. The summed E-state index contributed by atoms with van der Waals surface area (Å²) in [6.07, 6.45) is 0. The molecule has 2 rings (SSSR count). The summed E-state index contributed by atoms with van der Waals surface area (Å²) in [5.41, 5.74) is 0.680. The Hall–Kier alpha value is -1.93. The minimum atomic E-state index is -0.810. The number of rotatable bonds is 6. The van der Waals surface area contributed by atoms with E-state index in [0.717, 1.165) is 9.35 Å². The monoisotopic (exact) mass is 337 g/mol. The van der Waals surface area contributed by atoms with Crippen LogP contribution in [0.3, 0.4) is 0 Å². The van der Waals surface area contributed by atoms with Gasteiger partial charge in [0.1, 0.15) is 5.01 Å². The average Bonchev–Trinajstić information content (AvgIpc) is 2.96. The zero-order chi connectivity index (χ0) is 15.9. The molecule has 1 N–H and O–H groups in total. The zero-order valence-electron chi connectivity index (χ0n) is 12.1. The first-order valence-electron chi connectivity index (χ1n) is 6.45. The van der Waals surface area contributed by atoms with Crippen LogP contribution in [-0.4, -0.2) is 34.9 Å². The number of aryl methyl sites for hydroxylation is 1. The highest BCUT2D eigenvalue weighted by Crippen LogP contribution is 2.22. The third-order valence-corrected chi connectivity index (χ3v) is 4.68. The number of hydrogen-bond acceptors (Lipinski definition) is 7. The summed E-state index contributed by atoms with van der Waals surface area (Å²) in [6, 6.07) is 8.17. The number of carbonyl (C=O) groups is 2. The summed E-state index contributed by atoms with van der Waals surface area (Å²) >= 11 is 2.71. The van der Waals surface area contributed by atoms with Crippen molar-refractivity contribution >= 4 is 35.0 Å². The van der Waals surface area contributed by atoms with Crippen molar-refractivity contribution in [3.8, 4) is 0 Å². The van der Waals surface area contributed by atoms with E-state index < -0.39 is 12.0 Å². The van der Waals surface area contributed by atoms with Crippen LogP contribution in [0, 0.1) is 6.92 Å². The van der Waals surface area contributed by atoms with Crippen LogP contribution in [0.4, 0.5) is 0 Å². The Morgan fingerprint density at radius 2 is 2.05 bits per heavy atom. The van der Waals surface area contributed by atoms with E-state index in [1.165, 1.54) is 30.2 Å². The van der Waals surface area contributed by atoms with Crippen LogP contribution >= 0.6 is 23.1 Å². The standard InChI is InChI=1S/C14H15N3O3S2/c1-9-16-17-14(22-9)21-8-11(18)15-12(13(19)20-2)10-6-4-3-5-7-10/h3-7,12H,8H2,1-2H3,(H,15,18)/t12-/m1/s1. The lowest BCUT2D eigenvalue weighted by molar-refractivity contribution is -0.145. The number of amides is 1. The van der Waals surface area contributed by atoms with E-state index in [1.807, 2.05) is 13.0 Å². The molecule has 1 aromatic heterocycles. The van der Waals surface area contributed by atoms with Crippen LogP contribution in [0.5, 0.6) is 0 Å². The topological polar surface area (TPSA) is 81.2 Å². The van der Waals surface area contributed by atoms with Crippen molar-refractivity contribution in [3.63, 3.8) is 0 Å². The molecule has 0 radical (unpaired) electrons. The van der Waals surface area contributed by atoms with E-state index >= 15 is 0 Å². The Labute approximate surface area is 136 Å². The second kappa shape index (κ2) is 7.90. The molecular formula is C14H15N3O3S2. The van der Waals surface area contributed by atoms with Gasteiger partial charge in [-0.05, 0) is 12.5 Å². The number of methoxy groups -OCH3 is 1. The summed E-state index contributed by atoms with van der Waals surface area (Å²) in [4.78, 5) is 23.9. The van der Waals surface area contributed by atoms with Crippen molar-refractivity contribution in [1.82, 2.24) is 15.5 Å². The van der Waals surface area contributed by atoms with Crippen LogP contribution in [0.25, 0.3) is 0 Å². The summed E-state index contributed by atoms with van der Waals surface area (Å²) in [5.74, 6) is -0.608. The maximum Gasteiger partial charge on any atom is 0.333 e. The molecule has 0 saturated carbocycles. The SMILES string of the molecule is COC(=O)[C@H](NC(=O)CSc1nnc(C)s1)c1ccccc1. The molecule has 1 atom stereocenters. The van der Waals surface area contributed by atoms with Crippen molar-refractivity contribution < 1.29 is 14.3 Å². The highest BCUT2D eigenvalue weighted by atomic mass is 32.2. The van der Waals surface area contributed by atoms with Gasteiger partial charge < -0.3 is 10.1 Å². The minimum Gasteiger partial charge on any atom is -0.467 e. The molecule has 1 heterocycles. The van der Waals surface area contributed by atoms with Crippen molar-refractivity contribution in [1.29, 1.82) is 0 Å². The lowest BCUT2D eigenvalue weighted by atomic mass is 10.1. The van der Waals surface area contributed by atoms with Crippen LogP contribution in [0.1, 0.15) is 16.6 Å². The molecule has 0 aliphatic carbocycles. The van der Waals surface area contributed by atoms with Gasteiger partial charge in [-0.25, -0.2) is 4.79 Å². The number of aromatic nitrogens is 2. The summed E-state index contributed by atoms with van der Waals surface area (Å²) in [5, 5.41) is 11.4. The first-order valence-corrected chi connectivity index (χ1v) is 8.25. The molecule has 0 fully saturated rings. The largest absolute Gasteiger partial charge is 0.467 e. The van der Waals surface area contributed by atoms with Crippen molar-refractivity contribution in [3.05, 3.63) is 40.9 Å². The predicted molar refractivity (Wildman–Crippen MR) is 84.7 cm³/mol. The number of esters is 1. The van der Waals surface area contributed by atoms with E-state index in [4.69, 9.17) is 4.74 Å². The molecular weight excluding hydrogens is 322 g/mol. The van der Waals surface area contributed by atoms with Gasteiger partial charge in [0.2, 0.25) is 5.91 Å². The Kier molecular flexibility index (Phi) is 5.91. The number of hydrogen-bond donors (Lipinski definition) is 1. The smallest absolute Gasteiger partial charge is 0.333 e. The van der Waals surface area contributed by atoms with Gasteiger partial charge >= 0.3 is 5.97 Å². The Morgan fingerprint density at radius 1 is 1.32 bits per heavy atom. The van der Waals surface area contributed by atoms with Crippen LogP contribution in [0.15, 0.2) is 34.7 Å². The van der Waals surface area contributed by atoms with Gasteiger partial charge in [-0.2, -0.15) is 0 Å². The molecule has 0 aliphatic rings. The molecule has 0 saturated heterocycles. The fraction of sp³-hybridized carbons (Fsp3) is 0.286. The highest BCUT2D eigenvalue weighted by molar-refractivity contribution is 8.01. The molecule has 2 aromatic rings. The third-order valence-electron chi connectivity index (χ3n) is 2.71. The van der Waals surface area contributed by atoms with Gasteiger partial charge in [0.05, 0.1) is 12.9 Å². The lowest BCUT2D eigenvalue weighted by Crippen LogP contribution is -2.35. The predicted octanol–water partition coefficient (Wildman–Crippen LogP) is 1.97. The maximum atomic E-state index is 12.0. The molecule has 1 aromatic carbocycles. The number of ether oxygens (including phenoxy) is 1. The molecule has 22 heavy (non-hydrogen) atoms. The second-order valence-corrected chi connectivity index (χ2v) is 6.71.